The lowest BCUT2D eigenvalue weighted by molar-refractivity contribution is 0.0230. The average Bonchev–Trinajstić information content (AvgIpc) is 3.18. The lowest BCUT2D eigenvalue weighted by Gasteiger charge is -2.46. The summed E-state index contributed by atoms with van der Waals surface area (Å²) in [6.07, 6.45) is 1.19. The van der Waals surface area contributed by atoms with Crippen molar-refractivity contribution in [2.45, 2.75) is 37.7 Å². The SMILES string of the molecule is Cc1cc(C(=O)N2CC3(C[C@H](OCc4cccc(C)n4)CS3)C2)on1. The van der Waals surface area contributed by atoms with E-state index in [1.54, 1.807) is 6.07 Å². The summed E-state index contributed by atoms with van der Waals surface area (Å²) >= 11 is 1.91. The zero-order valence-corrected chi connectivity index (χ0v) is 15.2. The summed E-state index contributed by atoms with van der Waals surface area (Å²) < 4.78 is 11.3. The zero-order valence-electron chi connectivity index (χ0n) is 14.4. The van der Waals surface area contributed by atoms with E-state index < -0.39 is 0 Å². The van der Waals surface area contributed by atoms with Crippen LogP contribution in [-0.4, -0.2) is 50.6 Å². The minimum atomic E-state index is -0.0693. The third-order valence-electron chi connectivity index (χ3n) is 4.67. The Hall–Kier alpha value is -1.86. The molecule has 2 aromatic heterocycles. The highest BCUT2D eigenvalue weighted by Crippen LogP contribution is 2.46. The van der Waals surface area contributed by atoms with Crippen LogP contribution in [0.15, 0.2) is 28.8 Å². The zero-order chi connectivity index (χ0) is 17.4. The van der Waals surface area contributed by atoms with Gasteiger partial charge in [-0.2, -0.15) is 0 Å². The Morgan fingerprint density at radius 1 is 1.40 bits per heavy atom. The Kier molecular flexibility index (Phi) is 4.29. The molecule has 1 atom stereocenters. The largest absolute Gasteiger partial charge is 0.371 e. The molecule has 2 fully saturated rings. The van der Waals surface area contributed by atoms with Crippen LogP contribution in [0.2, 0.25) is 0 Å². The van der Waals surface area contributed by atoms with Crippen molar-refractivity contribution in [3.8, 4) is 0 Å². The quantitative estimate of drug-likeness (QED) is 0.836. The van der Waals surface area contributed by atoms with E-state index in [0.29, 0.717) is 12.4 Å². The lowest BCUT2D eigenvalue weighted by Crippen LogP contribution is -2.60. The van der Waals surface area contributed by atoms with Crippen LogP contribution >= 0.6 is 11.8 Å². The van der Waals surface area contributed by atoms with Crippen molar-refractivity contribution in [1.29, 1.82) is 0 Å². The Morgan fingerprint density at radius 2 is 2.24 bits per heavy atom. The maximum atomic E-state index is 12.3. The van der Waals surface area contributed by atoms with Gasteiger partial charge in [-0.3, -0.25) is 9.78 Å². The third-order valence-corrected chi connectivity index (χ3v) is 6.25. The number of aryl methyl sites for hydroxylation is 2. The number of hydrogen-bond donors (Lipinski definition) is 0. The first kappa shape index (κ1) is 16.6. The van der Waals surface area contributed by atoms with E-state index in [2.05, 4.69) is 10.1 Å². The molecule has 0 saturated carbocycles. The first-order valence-electron chi connectivity index (χ1n) is 8.44. The molecule has 2 saturated heterocycles. The molecule has 1 amide bonds. The van der Waals surface area contributed by atoms with E-state index in [9.17, 15) is 4.79 Å². The van der Waals surface area contributed by atoms with Gasteiger partial charge in [0.05, 0.1) is 28.8 Å². The van der Waals surface area contributed by atoms with Gasteiger partial charge in [-0.15, -0.1) is 11.8 Å². The Labute approximate surface area is 150 Å². The monoisotopic (exact) mass is 359 g/mol. The van der Waals surface area contributed by atoms with Crippen molar-refractivity contribution in [3.63, 3.8) is 0 Å². The number of carbonyl (C=O) groups excluding carboxylic acids is 1. The summed E-state index contributed by atoms with van der Waals surface area (Å²) in [7, 11) is 0. The van der Waals surface area contributed by atoms with Gasteiger partial charge >= 0.3 is 0 Å². The maximum Gasteiger partial charge on any atom is 0.292 e. The van der Waals surface area contributed by atoms with Crippen LogP contribution in [0.25, 0.3) is 0 Å². The van der Waals surface area contributed by atoms with Gasteiger partial charge < -0.3 is 14.2 Å². The minimum Gasteiger partial charge on any atom is -0.371 e. The predicted molar refractivity (Wildman–Crippen MR) is 94.5 cm³/mol. The predicted octanol–water partition coefficient (Wildman–Crippen LogP) is 2.60. The fourth-order valence-electron chi connectivity index (χ4n) is 3.43. The number of likely N-dealkylation sites (tertiary alicyclic amines) is 1. The van der Waals surface area contributed by atoms with Gasteiger partial charge in [-0.05, 0) is 32.4 Å². The van der Waals surface area contributed by atoms with Crippen LogP contribution in [-0.2, 0) is 11.3 Å². The van der Waals surface area contributed by atoms with Crippen molar-refractivity contribution in [3.05, 3.63) is 47.1 Å². The molecule has 0 radical (unpaired) electrons. The summed E-state index contributed by atoms with van der Waals surface area (Å²) in [5.41, 5.74) is 2.71. The highest BCUT2D eigenvalue weighted by molar-refractivity contribution is 8.01. The van der Waals surface area contributed by atoms with Crippen LogP contribution in [0.3, 0.4) is 0 Å². The molecule has 0 aromatic carbocycles. The van der Waals surface area contributed by atoms with E-state index >= 15 is 0 Å². The van der Waals surface area contributed by atoms with E-state index in [1.165, 1.54) is 0 Å². The number of nitrogens with zero attached hydrogens (tertiary/aromatic N) is 3. The van der Waals surface area contributed by atoms with E-state index in [4.69, 9.17) is 9.26 Å². The molecule has 4 heterocycles. The van der Waals surface area contributed by atoms with E-state index in [1.807, 2.05) is 48.7 Å². The molecule has 4 rings (SSSR count). The minimum absolute atomic E-state index is 0.0693. The van der Waals surface area contributed by atoms with E-state index in [0.717, 1.165) is 42.3 Å². The third kappa shape index (κ3) is 3.43. The van der Waals surface area contributed by atoms with Crippen molar-refractivity contribution in [2.75, 3.05) is 18.8 Å². The Balaban J connectivity index is 1.28. The second kappa shape index (κ2) is 6.46. The van der Waals surface area contributed by atoms with Gasteiger partial charge in [0.25, 0.3) is 5.91 Å². The summed E-state index contributed by atoms with van der Waals surface area (Å²) in [6.45, 7) is 5.84. The van der Waals surface area contributed by atoms with Crippen LogP contribution < -0.4 is 0 Å². The van der Waals surface area contributed by atoms with Crippen molar-refractivity contribution in [2.24, 2.45) is 0 Å². The summed E-state index contributed by atoms with van der Waals surface area (Å²) in [4.78, 5) is 18.7. The van der Waals surface area contributed by atoms with Gasteiger partial charge in [-0.1, -0.05) is 11.2 Å². The molecule has 6 nitrogen and oxygen atoms in total. The summed E-state index contributed by atoms with van der Waals surface area (Å²) in [6, 6.07) is 7.68. The molecule has 0 N–H and O–H groups in total. The van der Waals surface area contributed by atoms with Gasteiger partial charge in [0.2, 0.25) is 5.76 Å². The Bertz CT molecular complexity index is 785. The van der Waals surface area contributed by atoms with Gasteiger partial charge in [0.15, 0.2) is 0 Å². The van der Waals surface area contributed by atoms with Crippen molar-refractivity contribution < 1.29 is 14.1 Å². The molecular weight excluding hydrogens is 338 g/mol. The molecule has 1 spiro atoms. The smallest absolute Gasteiger partial charge is 0.292 e. The second-order valence-corrected chi connectivity index (χ2v) is 8.38. The van der Waals surface area contributed by atoms with Gasteiger partial charge in [-0.25, -0.2) is 0 Å². The fraction of sp³-hybridized carbons (Fsp3) is 0.500. The second-order valence-electron chi connectivity index (χ2n) is 6.90. The molecule has 132 valence electrons. The highest BCUT2D eigenvalue weighted by Gasteiger charge is 2.51. The van der Waals surface area contributed by atoms with Crippen molar-refractivity contribution >= 4 is 17.7 Å². The number of amides is 1. The highest BCUT2D eigenvalue weighted by atomic mass is 32.2. The van der Waals surface area contributed by atoms with Crippen LogP contribution in [0.5, 0.6) is 0 Å². The fourth-order valence-corrected chi connectivity index (χ4v) is 4.98. The molecule has 2 aliphatic rings. The summed E-state index contributed by atoms with van der Waals surface area (Å²) in [5, 5.41) is 3.79. The lowest BCUT2D eigenvalue weighted by atomic mass is 9.92. The average molecular weight is 359 g/mol. The van der Waals surface area contributed by atoms with Gasteiger partial charge in [0, 0.05) is 30.6 Å². The number of ether oxygens (including phenoxy) is 1. The molecule has 0 aliphatic carbocycles. The molecule has 2 aliphatic heterocycles. The van der Waals surface area contributed by atoms with Gasteiger partial charge in [0.1, 0.15) is 0 Å². The first-order valence-corrected chi connectivity index (χ1v) is 9.42. The standard InChI is InChI=1S/C18H21N3O3S/c1-12-4-3-5-14(19-12)8-23-15-7-18(25-9-15)10-21(11-18)17(22)16-6-13(2)20-24-16/h3-6,15H,7-11H2,1-2H3/t15-/m0/s1. The van der Waals surface area contributed by atoms with Crippen LogP contribution in [0.1, 0.15) is 34.1 Å². The Morgan fingerprint density at radius 3 is 2.96 bits per heavy atom. The number of hydrogen-bond acceptors (Lipinski definition) is 6. The number of thioether (sulfide) groups is 1. The molecule has 7 heteroatoms. The topological polar surface area (TPSA) is 68.5 Å². The number of aromatic nitrogens is 2. The van der Waals surface area contributed by atoms with Crippen molar-refractivity contribution in [1.82, 2.24) is 15.0 Å². The van der Waals surface area contributed by atoms with E-state index in [-0.39, 0.29) is 16.8 Å². The van der Waals surface area contributed by atoms with Crippen LogP contribution in [0.4, 0.5) is 0 Å². The maximum absolute atomic E-state index is 12.3. The first-order chi connectivity index (χ1) is 12.0. The molecular formula is C18H21N3O3S. The number of carbonyl (C=O) groups is 1. The van der Waals surface area contributed by atoms with Crippen LogP contribution in [0, 0.1) is 13.8 Å². The normalized spacial score (nSPS) is 21.5. The molecule has 25 heavy (non-hydrogen) atoms. The molecule has 2 aromatic rings. The molecule has 0 bridgehead atoms. The summed E-state index contributed by atoms with van der Waals surface area (Å²) in [5.74, 6) is 1.23. The number of rotatable bonds is 4. The molecule has 0 unspecified atom stereocenters. The number of pyridine rings is 1.